The van der Waals surface area contributed by atoms with Crippen LogP contribution < -0.4 is 5.32 Å². The Morgan fingerprint density at radius 3 is 2.54 bits per heavy atom. The van der Waals surface area contributed by atoms with Gasteiger partial charge in [0, 0.05) is 13.0 Å². The van der Waals surface area contributed by atoms with Crippen LogP contribution in [0, 0.1) is 5.82 Å². The minimum atomic E-state index is -1.17. The highest BCUT2D eigenvalue weighted by atomic mass is 19.1. The molecule has 26 heavy (non-hydrogen) atoms. The number of rotatable bonds is 7. The molecule has 0 bridgehead atoms. The molecule has 0 aliphatic heterocycles. The van der Waals surface area contributed by atoms with Gasteiger partial charge in [-0.25, -0.2) is 9.18 Å². The van der Waals surface area contributed by atoms with Crippen LogP contribution in [0.1, 0.15) is 37.7 Å². The van der Waals surface area contributed by atoms with Gasteiger partial charge in [-0.2, -0.15) is 0 Å². The van der Waals surface area contributed by atoms with E-state index in [4.69, 9.17) is 9.15 Å². The van der Waals surface area contributed by atoms with Crippen LogP contribution in [0.3, 0.4) is 0 Å². The van der Waals surface area contributed by atoms with Gasteiger partial charge in [0.15, 0.2) is 5.76 Å². The first-order valence-electron chi connectivity index (χ1n) is 8.20. The van der Waals surface area contributed by atoms with Crippen LogP contribution in [0.4, 0.5) is 4.39 Å². The van der Waals surface area contributed by atoms with Crippen molar-refractivity contribution in [3.8, 4) is 11.3 Å². The molecule has 1 unspecified atom stereocenters. The zero-order valence-electron chi connectivity index (χ0n) is 14.9. The van der Waals surface area contributed by atoms with Crippen molar-refractivity contribution in [1.82, 2.24) is 5.32 Å². The van der Waals surface area contributed by atoms with Gasteiger partial charge in [-0.15, -0.1) is 0 Å². The number of carbonyl (C=O) groups is 2. The van der Waals surface area contributed by atoms with E-state index in [1.807, 2.05) is 20.8 Å². The predicted molar refractivity (Wildman–Crippen MR) is 93.3 cm³/mol. The van der Waals surface area contributed by atoms with Crippen LogP contribution in [0.5, 0.6) is 0 Å². The minimum Gasteiger partial charge on any atom is -0.480 e. The molecule has 0 spiro atoms. The highest BCUT2D eigenvalue weighted by molar-refractivity contribution is 5.94. The van der Waals surface area contributed by atoms with E-state index in [0.29, 0.717) is 0 Å². The summed E-state index contributed by atoms with van der Waals surface area (Å²) >= 11 is 0. The first kappa shape index (κ1) is 19.7. The maximum atomic E-state index is 13.8. The standard InChI is InChI=1S/C19H22FNO5/c1-19(2,3)25-11-10-14(18(23)24)21-17(22)16-9-8-15(26-16)12-6-4-5-7-13(12)20/h4-9,14H,10-11H2,1-3H3,(H,21,22)(H,23,24). The molecule has 1 heterocycles. The fourth-order valence-electron chi connectivity index (χ4n) is 2.24. The molecule has 0 radical (unpaired) electrons. The lowest BCUT2D eigenvalue weighted by Gasteiger charge is -2.21. The van der Waals surface area contributed by atoms with Crippen LogP contribution in [-0.2, 0) is 9.53 Å². The van der Waals surface area contributed by atoms with Gasteiger partial charge < -0.3 is 19.6 Å². The average Bonchev–Trinajstić information content (AvgIpc) is 3.02. The maximum Gasteiger partial charge on any atom is 0.326 e. The summed E-state index contributed by atoms with van der Waals surface area (Å²) < 4.78 is 24.7. The molecule has 1 aromatic carbocycles. The second-order valence-corrected chi connectivity index (χ2v) is 6.76. The number of carboxylic acid groups (broad SMARTS) is 1. The number of aliphatic carboxylic acids is 1. The van der Waals surface area contributed by atoms with Crippen molar-refractivity contribution in [1.29, 1.82) is 0 Å². The number of furan rings is 1. The van der Waals surface area contributed by atoms with Crippen molar-refractivity contribution in [2.24, 2.45) is 0 Å². The second-order valence-electron chi connectivity index (χ2n) is 6.76. The third-order valence-electron chi connectivity index (χ3n) is 3.51. The molecule has 0 aliphatic carbocycles. The van der Waals surface area contributed by atoms with Gasteiger partial charge in [-0.05, 0) is 45.0 Å². The number of hydrogen-bond donors (Lipinski definition) is 2. The Hall–Kier alpha value is -2.67. The fourth-order valence-corrected chi connectivity index (χ4v) is 2.24. The lowest BCUT2D eigenvalue weighted by atomic mass is 10.1. The molecule has 1 atom stereocenters. The van der Waals surface area contributed by atoms with Gasteiger partial charge in [-0.1, -0.05) is 12.1 Å². The Morgan fingerprint density at radius 2 is 1.92 bits per heavy atom. The topological polar surface area (TPSA) is 88.8 Å². The van der Waals surface area contributed by atoms with Crippen molar-refractivity contribution in [3.05, 3.63) is 48.0 Å². The minimum absolute atomic E-state index is 0.0914. The van der Waals surface area contributed by atoms with Crippen LogP contribution in [-0.4, -0.2) is 35.2 Å². The average molecular weight is 363 g/mol. The number of amides is 1. The number of ether oxygens (including phenoxy) is 1. The van der Waals surface area contributed by atoms with E-state index in [1.165, 1.54) is 24.3 Å². The Kier molecular flexibility index (Phi) is 6.15. The number of nitrogens with one attached hydrogen (secondary N) is 1. The molecule has 7 heteroatoms. The highest BCUT2D eigenvalue weighted by Crippen LogP contribution is 2.24. The summed E-state index contributed by atoms with van der Waals surface area (Å²) in [6.45, 7) is 5.75. The lowest BCUT2D eigenvalue weighted by molar-refractivity contribution is -0.140. The zero-order valence-corrected chi connectivity index (χ0v) is 14.9. The molecule has 2 N–H and O–H groups in total. The summed E-state index contributed by atoms with van der Waals surface area (Å²) in [7, 11) is 0. The van der Waals surface area contributed by atoms with E-state index in [0.717, 1.165) is 0 Å². The molecule has 1 aromatic heterocycles. The number of halogens is 1. The van der Waals surface area contributed by atoms with E-state index in [9.17, 15) is 19.1 Å². The highest BCUT2D eigenvalue weighted by Gasteiger charge is 2.23. The summed E-state index contributed by atoms with van der Waals surface area (Å²) in [4.78, 5) is 23.6. The Bertz CT molecular complexity index is 778. The molecular formula is C19H22FNO5. The number of carboxylic acids is 1. The van der Waals surface area contributed by atoms with Gasteiger partial charge >= 0.3 is 5.97 Å². The molecule has 0 fully saturated rings. The largest absolute Gasteiger partial charge is 0.480 e. The molecule has 0 saturated heterocycles. The van der Waals surface area contributed by atoms with Crippen molar-refractivity contribution in [2.45, 2.75) is 38.8 Å². The van der Waals surface area contributed by atoms with E-state index in [-0.39, 0.29) is 30.1 Å². The molecule has 140 valence electrons. The van der Waals surface area contributed by atoms with Crippen LogP contribution in [0.25, 0.3) is 11.3 Å². The van der Waals surface area contributed by atoms with Crippen LogP contribution in [0.15, 0.2) is 40.8 Å². The van der Waals surface area contributed by atoms with Crippen molar-refractivity contribution in [2.75, 3.05) is 6.61 Å². The van der Waals surface area contributed by atoms with Gasteiger partial charge in [0.2, 0.25) is 0 Å². The summed E-state index contributed by atoms with van der Waals surface area (Å²) in [6.07, 6.45) is 0.110. The first-order chi connectivity index (χ1) is 12.2. The Balaban J connectivity index is 2.03. The monoisotopic (exact) mass is 363 g/mol. The predicted octanol–water partition coefficient (Wildman–Crippen LogP) is 3.47. The van der Waals surface area contributed by atoms with Gasteiger partial charge in [0.05, 0.1) is 11.2 Å². The van der Waals surface area contributed by atoms with Crippen molar-refractivity contribution in [3.63, 3.8) is 0 Å². The van der Waals surface area contributed by atoms with Crippen molar-refractivity contribution >= 4 is 11.9 Å². The molecule has 2 rings (SSSR count). The summed E-state index contributed by atoms with van der Waals surface area (Å²) in [5, 5.41) is 11.7. The number of carbonyl (C=O) groups excluding carboxylic acids is 1. The third kappa shape index (κ3) is 5.42. The zero-order chi connectivity index (χ0) is 19.3. The van der Waals surface area contributed by atoms with Crippen LogP contribution in [0.2, 0.25) is 0 Å². The molecule has 0 saturated carbocycles. The second kappa shape index (κ2) is 8.14. The normalized spacial score (nSPS) is 12.6. The molecule has 0 aliphatic rings. The van der Waals surface area contributed by atoms with E-state index in [2.05, 4.69) is 5.32 Å². The molecule has 1 amide bonds. The summed E-state index contributed by atoms with van der Waals surface area (Å²) in [5.74, 6) is -2.23. The van der Waals surface area contributed by atoms with Gasteiger partial charge in [0.1, 0.15) is 17.6 Å². The molecule has 6 nitrogen and oxygen atoms in total. The smallest absolute Gasteiger partial charge is 0.326 e. The summed E-state index contributed by atoms with van der Waals surface area (Å²) in [6, 6.07) is 7.73. The Labute approximate surface area is 151 Å². The number of hydrogen-bond acceptors (Lipinski definition) is 4. The SMILES string of the molecule is CC(C)(C)OCCC(NC(=O)c1ccc(-c2ccccc2F)o1)C(=O)O. The first-order valence-corrected chi connectivity index (χ1v) is 8.20. The van der Waals surface area contributed by atoms with E-state index in [1.54, 1.807) is 12.1 Å². The molecule has 2 aromatic rings. The van der Waals surface area contributed by atoms with Crippen molar-refractivity contribution < 1.29 is 28.2 Å². The van der Waals surface area contributed by atoms with Gasteiger partial charge in [0.25, 0.3) is 5.91 Å². The third-order valence-corrected chi connectivity index (χ3v) is 3.51. The van der Waals surface area contributed by atoms with E-state index < -0.39 is 29.3 Å². The quantitative estimate of drug-likeness (QED) is 0.786. The lowest BCUT2D eigenvalue weighted by Crippen LogP contribution is -2.41. The summed E-state index contributed by atoms with van der Waals surface area (Å²) in [5.41, 5.74) is -0.178. The van der Waals surface area contributed by atoms with Gasteiger partial charge in [-0.3, -0.25) is 4.79 Å². The van der Waals surface area contributed by atoms with Crippen LogP contribution >= 0.6 is 0 Å². The number of benzene rings is 1. The molecular weight excluding hydrogens is 341 g/mol. The van der Waals surface area contributed by atoms with E-state index >= 15 is 0 Å². The Morgan fingerprint density at radius 1 is 1.23 bits per heavy atom. The maximum absolute atomic E-state index is 13.8. The fraction of sp³-hybridized carbons (Fsp3) is 0.368.